The minimum Gasteiger partial charge on any atom is -0.337 e. The molecule has 0 spiro atoms. The van der Waals surface area contributed by atoms with Crippen molar-refractivity contribution >= 4 is 43.9 Å². The van der Waals surface area contributed by atoms with E-state index in [0.29, 0.717) is 11.8 Å². The standard InChI is InChI=1S/C15H17N3OS2/c1-9-5-10(2)8-17(7-9)14(19)12-6-11-13(21-12)16-15-18(11)3-4-20-15/h3-4,6,9-10H,5,7-8H2,1-2H3. The number of hydrogen-bond acceptors (Lipinski definition) is 4. The first-order valence-corrected chi connectivity index (χ1v) is 8.96. The fourth-order valence-corrected chi connectivity index (χ4v) is 5.11. The van der Waals surface area contributed by atoms with E-state index >= 15 is 0 Å². The Morgan fingerprint density at radius 3 is 2.86 bits per heavy atom. The second-order valence-electron chi connectivity index (χ2n) is 6.12. The minimum atomic E-state index is 0.167. The Hall–Kier alpha value is -1.40. The largest absolute Gasteiger partial charge is 0.337 e. The molecule has 4 heterocycles. The molecule has 0 aromatic carbocycles. The number of thiazole rings is 1. The Morgan fingerprint density at radius 1 is 1.33 bits per heavy atom. The lowest BCUT2D eigenvalue weighted by Gasteiger charge is -2.34. The molecule has 0 N–H and O–H groups in total. The number of aromatic nitrogens is 2. The molecule has 4 rings (SSSR count). The number of carbonyl (C=O) groups excluding carboxylic acids is 1. The lowest BCUT2D eigenvalue weighted by Crippen LogP contribution is -2.42. The van der Waals surface area contributed by atoms with Gasteiger partial charge >= 0.3 is 0 Å². The zero-order valence-electron chi connectivity index (χ0n) is 12.1. The highest BCUT2D eigenvalue weighted by molar-refractivity contribution is 7.21. The number of piperidine rings is 1. The average molecular weight is 319 g/mol. The van der Waals surface area contributed by atoms with Gasteiger partial charge in [-0.3, -0.25) is 9.20 Å². The van der Waals surface area contributed by atoms with Crippen LogP contribution in [0.2, 0.25) is 0 Å². The highest BCUT2D eigenvalue weighted by Gasteiger charge is 2.27. The molecule has 2 unspecified atom stereocenters. The van der Waals surface area contributed by atoms with Gasteiger partial charge in [-0.25, -0.2) is 4.98 Å². The van der Waals surface area contributed by atoms with Crippen LogP contribution in [0.4, 0.5) is 0 Å². The number of nitrogens with zero attached hydrogens (tertiary/aromatic N) is 3. The third-order valence-electron chi connectivity index (χ3n) is 4.11. The zero-order chi connectivity index (χ0) is 14.6. The van der Waals surface area contributed by atoms with E-state index in [4.69, 9.17) is 0 Å². The van der Waals surface area contributed by atoms with Crippen molar-refractivity contribution in [2.24, 2.45) is 11.8 Å². The van der Waals surface area contributed by atoms with E-state index in [1.54, 1.807) is 11.3 Å². The van der Waals surface area contributed by atoms with Gasteiger partial charge in [-0.15, -0.1) is 22.7 Å². The fraction of sp³-hybridized carbons (Fsp3) is 0.467. The van der Waals surface area contributed by atoms with Gasteiger partial charge in [0.05, 0.1) is 10.4 Å². The molecule has 1 fully saturated rings. The number of likely N-dealkylation sites (tertiary alicyclic amines) is 1. The van der Waals surface area contributed by atoms with Gasteiger partial charge in [-0.2, -0.15) is 0 Å². The average Bonchev–Trinajstić information content (AvgIpc) is 3.07. The van der Waals surface area contributed by atoms with Gasteiger partial charge in [0.25, 0.3) is 5.91 Å². The summed E-state index contributed by atoms with van der Waals surface area (Å²) in [5.74, 6) is 1.35. The molecule has 0 radical (unpaired) electrons. The molecule has 6 heteroatoms. The summed E-state index contributed by atoms with van der Waals surface area (Å²) < 4.78 is 2.06. The van der Waals surface area contributed by atoms with Gasteiger partial charge in [-0.1, -0.05) is 13.8 Å². The third kappa shape index (κ3) is 2.17. The topological polar surface area (TPSA) is 37.6 Å². The summed E-state index contributed by atoms with van der Waals surface area (Å²) in [6.07, 6.45) is 3.23. The predicted molar refractivity (Wildman–Crippen MR) is 87.3 cm³/mol. The molecular weight excluding hydrogens is 302 g/mol. The number of fused-ring (bicyclic) bond motifs is 3. The molecule has 1 aliphatic heterocycles. The van der Waals surface area contributed by atoms with Crippen LogP contribution >= 0.6 is 22.7 Å². The van der Waals surface area contributed by atoms with Crippen LogP contribution in [-0.4, -0.2) is 33.3 Å². The molecule has 110 valence electrons. The Labute approximate surface area is 131 Å². The predicted octanol–water partition coefficient (Wildman–Crippen LogP) is 3.73. The first-order valence-electron chi connectivity index (χ1n) is 7.26. The maximum Gasteiger partial charge on any atom is 0.264 e. The summed E-state index contributed by atoms with van der Waals surface area (Å²) in [5, 5.41) is 2.02. The number of amides is 1. The molecular formula is C15H17N3OS2. The van der Waals surface area contributed by atoms with Gasteiger partial charge in [-0.05, 0) is 24.3 Å². The number of hydrogen-bond donors (Lipinski definition) is 0. The van der Waals surface area contributed by atoms with Crippen molar-refractivity contribution < 1.29 is 4.79 Å². The smallest absolute Gasteiger partial charge is 0.264 e. The van der Waals surface area contributed by atoms with Crippen molar-refractivity contribution in [2.45, 2.75) is 20.3 Å². The molecule has 0 bridgehead atoms. The van der Waals surface area contributed by atoms with Crippen LogP contribution in [0.15, 0.2) is 17.6 Å². The van der Waals surface area contributed by atoms with Gasteiger partial charge in [0.2, 0.25) is 0 Å². The van der Waals surface area contributed by atoms with Gasteiger partial charge in [0.15, 0.2) is 4.96 Å². The lowest BCUT2D eigenvalue weighted by molar-refractivity contribution is 0.0628. The minimum absolute atomic E-state index is 0.167. The quantitative estimate of drug-likeness (QED) is 0.685. The zero-order valence-corrected chi connectivity index (χ0v) is 13.7. The summed E-state index contributed by atoms with van der Waals surface area (Å²) in [7, 11) is 0. The molecule has 1 saturated heterocycles. The molecule has 3 aromatic rings. The van der Waals surface area contributed by atoms with E-state index < -0.39 is 0 Å². The first kappa shape index (κ1) is 13.3. The van der Waals surface area contributed by atoms with E-state index in [1.807, 2.05) is 22.5 Å². The van der Waals surface area contributed by atoms with Crippen molar-refractivity contribution in [1.29, 1.82) is 0 Å². The SMILES string of the molecule is CC1CC(C)CN(C(=O)c2cc3c(nc4sccn43)s2)C1. The van der Waals surface area contributed by atoms with E-state index in [1.165, 1.54) is 17.8 Å². The van der Waals surface area contributed by atoms with Gasteiger partial charge in [0, 0.05) is 24.7 Å². The van der Waals surface area contributed by atoms with Crippen molar-refractivity contribution in [2.75, 3.05) is 13.1 Å². The van der Waals surface area contributed by atoms with E-state index in [9.17, 15) is 4.79 Å². The summed E-state index contributed by atoms with van der Waals surface area (Å²) in [6, 6.07) is 2.00. The second-order valence-corrected chi connectivity index (χ2v) is 8.03. The molecule has 3 aromatic heterocycles. The summed E-state index contributed by atoms with van der Waals surface area (Å²) in [4.78, 5) is 22.1. The lowest BCUT2D eigenvalue weighted by atomic mass is 9.92. The fourth-order valence-electron chi connectivity index (χ4n) is 3.34. The molecule has 21 heavy (non-hydrogen) atoms. The van der Waals surface area contributed by atoms with Crippen molar-refractivity contribution in [1.82, 2.24) is 14.3 Å². The summed E-state index contributed by atoms with van der Waals surface area (Å²) >= 11 is 3.14. The number of rotatable bonds is 1. The van der Waals surface area contributed by atoms with Crippen molar-refractivity contribution in [3.8, 4) is 0 Å². The van der Waals surface area contributed by atoms with Crippen LogP contribution in [0.5, 0.6) is 0 Å². The van der Waals surface area contributed by atoms with Crippen LogP contribution in [0.3, 0.4) is 0 Å². The third-order valence-corrected chi connectivity index (χ3v) is 5.87. The summed E-state index contributed by atoms with van der Waals surface area (Å²) in [6.45, 7) is 6.21. The maximum atomic E-state index is 12.7. The van der Waals surface area contributed by atoms with Crippen LogP contribution in [-0.2, 0) is 0 Å². The number of carbonyl (C=O) groups is 1. The first-order chi connectivity index (χ1) is 10.1. The highest BCUT2D eigenvalue weighted by Crippen LogP contribution is 2.30. The molecule has 1 aliphatic rings. The Bertz CT molecular complexity index is 805. The van der Waals surface area contributed by atoms with E-state index in [2.05, 4.69) is 23.2 Å². The normalized spacial score (nSPS) is 23.2. The number of imidazole rings is 1. The summed E-state index contributed by atoms with van der Waals surface area (Å²) in [5.41, 5.74) is 1.05. The van der Waals surface area contributed by atoms with Gasteiger partial charge < -0.3 is 4.90 Å². The van der Waals surface area contributed by atoms with Gasteiger partial charge in [0.1, 0.15) is 4.83 Å². The van der Waals surface area contributed by atoms with Crippen molar-refractivity contribution in [3.63, 3.8) is 0 Å². The van der Waals surface area contributed by atoms with Crippen LogP contribution < -0.4 is 0 Å². The maximum absolute atomic E-state index is 12.7. The monoisotopic (exact) mass is 319 g/mol. The van der Waals surface area contributed by atoms with Crippen LogP contribution in [0, 0.1) is 11.8 Å². The molecule has 4 nitrogen and oxygen atoms in total. The molecule has 0 aliphatic carbocycles. The molecule has 0 saturated carbocycles. The van der Waals surface area contributed by atoms with Crippen LogP contribution in [0.25, 0.3) is 15.3 Å². The Balaban J connectivity index is 1.68. The second kappa shape index (κ2) is 4.81. The van der Waals surface area contributed by atoms with Crippen molar-refractivity contribution in [3.05, 3.63) is 22.5 Å². The van der Waals surface area contributed by atoms with E-state index in [-0.39, 0.29) is 5.91 Å². The number of thiophene rings is 1. The highest BCUT2D eigenvalue weighted by atomic mass is 32.1. The molecule has 2 atom stereocenters. The Kier molecular flexibility index (Phi) is 3.04. The molecule has 1 amide bonds. The Morgan fingerprint density at radius 2 is 2.10 bits per heavy atom. The van der Waals surface area contributed by atoms with E-state index in [0.717, 1.165) is 33.3 Å². The van der Waals surface area contributed by atoms with Crippen LogP contribution in [0.1, 0.15) is 29.9 Å².